The minimum atomic E-state index is -0.00810. The Morgan fingerprint density at radius 3 is 2.88 bits per heavy atom. The fraction of sp³-hybridized carbons (Fsp3) is 0.538. The third-order valence-electron chi connectivity index (χ3n) is 3.56. The van der Waals surface area contributed by atoms with Crippen LogP contribution in [0.15, 0.2) is 18.3 Å². The summed E-state index contributed by atoms with van der Waals surface area (Å²) in [5, 5.41) is 0.557. The van der Waals surface area contributed by atoms with Gasteiger partial charge in [0.1, 0.15) is 5.69 Å². The average Bonchev–Trinajstić information content (AvgIpc) is 2.32. The molecule has 3 nitrogen and oxygen atoms in total. The molecule has 1 aliphatic rings. The molecule has 0 aliphatic carbocycles. The number of likely N-dealkylation sites (tertiary alicyclic amines) is 1. The Morgan fingerprint density at radius 1 is 1.47 bits per heavy atom. The van der Waals surface area contributed by atoms with E-state index in [0.29, 0.717) is 22.6 Å². The van der Waals surface area contributed by atoms with E-state index in [-0.39, 0.29) is 5.91 Å². The number of carbonyl (C=O) groups excluding carboxylic acids is 1. The molecule has 1 amide bonds. The molecule has 1 saturated heterocycles. The van der Waals surface area contributed by atoms with Crippen LogP contribution in [-0.2, 0) is 0 Å². The second kappa shape index (κ2) is 5.05. The second-order valence-electron chi connectivity index (χ2n) is 4.85. The number of halogens is 1. The third kappa shape index (κ3) is 2.78. The minimum absolute atomic E-state index is 0.00810. The van der Waals surface area contributed by atoms with Gasteiger partial charge in [-0.05, 0) is 30.4 Å². The highest BCUT2D eigenvalue weighted by molar-refractivity contribution is 6.30. The molecule has 2 rings (SSSR count). The van der Waals surface area contributed by atoms with Crippen molar-refractivity contribution in [1.82, 2.24) is 9.88 Å². The smallest absolute Gasteiger partial charge is 0.272 e. The summed E-state index contributed by atoms with van der Waals surface area (Å²) in [6.45, 7) is 6.06. The van der Waals surface area contributed by atoms with Gasteiger partial charge in [-0.2, -0.15) is 0 Å². The summed E-state index contributed by atoms with van der Waals surface area (Å²) >= 11 is 5.87. The van der Waals surface area contributed by atoms with Crippen LogP contribution >= 0.6 is 11.6 Å². The van der Waals surface area contributed by atoms with Crippen molar-refractivity contribution in [2.24, 2.45) is 11.8 Å². The minimum Gasteiger partial charge on any atom is -0.337 e. The zero-order valence-corrected chi connectivity index (χ0v) is 10.9. The Morgan fingerprint density at radius 2 is 2.24 bits per heavy atom. The number of amides is 1. The Hall–Kier alpha value is -1.09. The lowest BCUT2D eigenvalue weighted by atomic mass is 9.88. The average molecular weight is 253 g/mol. The van der Waals surface area contributed by atoms with E-state index < -0.39 is 0 Å². The highest BCUT2D eigenvalue weighted by atomic mass is 35.5. The van der Waals surface area contributed by atoms with Gasteiger partial charge in [-0.25, -0.2) is 0 Å². The van der Waals surface area contributed by atoms with Crippen LogP contribution in [0.3, 0.4) is 0 Å². The van der Waals surface area contributed by atoms with Gasteiger partial charge in [0.2, 0.25) is 0 Å². The lowest BCUT2D eigenvalue weighted by Crippen LogP contribution is -2.42. The second-order valence-corrected chi connectivity index (χ2v) is 5.29. The van der Waals surface area contributed by atoms with E-state index in [9.17, 15) is 4.79 Å². The third-order valence-corrected chi connectivity index (χ3v) is 3.80. The molecule has 1 aliphatic heterocycles. The van der Waals surface area contributed by atoms with Crippen molar-refractivity contribution < 1.29 is 4.79 Å². The Kier molecular flexibility index (Phi) is 3.67. The Bertz CT molecular complexity index is 422. The van der Waals surface area contributed by atoms with E-state index in [1.54, 1.807) is 18.3 Å². The van der Waals surface area contributed by atoms with Gasteiger partial charge < -0.3 is 4.90 Å². The van der Waals surface area contributed by atoms with Gasteiger partial charge in [0.05, 0.1) is 0 Å². The first-order valence-electron chi connectivity index (χ1n) is 5.98. The van der Waals surface area contributed by atoms with Crippen LogP contribution < -0.4 is 0 Å². The summed E-state index contributed by atoms with van der Waals surface area (Å²) in [7, 11) is 0. The van der Waals surface area contributed by atoms with E-state index in [1.807, 2.05) is 4.90 Å². The maximum Gasteiger partial charge on any atom is 0.272 e. The van der Waals surface area contributed by atoms with Gasteiger partial charge in [0.25, 0.3) is 5.91 Å². The van der Waals surface area contributed by atoms with Crippen molar-refractivity contribution in [3.63, 3.8) is 0 Å². The van der Waals surface area contributed by atoms with Crippen LogP contribution in [0.2, 0.25) is 5.02 Å². The van der Waals surface area contributed by atoms with Gasteiger partial charge in [-0.15, -0.1) is 0 Å². The summed E-state index contributed by atoms with van der Waals surface area (Å²) in [6.07, 6.45) is 2.64. The van der Waals surface area contributed by atoms with Gasteiger partial charge in [-0.1, -0.05) is 25.4 Å². The molecular weight excluding hydrogens is 236 g/mol. The van der Waals surface area contributed by atoms with Gasteiger partial charge >= 0.3 is 0 Å². The van der Waals surface area contributed by atoms with Gasteiger partial charge in [0, 0.05) is 24.3 Å². The van der Waals surface area contributed by atoms with Gasteiger partial charge in [-0.3, -0.25) is 9.78 Å². The molecule has 2 heterocycles. The Labute approximate surface area is 107 Å². The Balaban J connectivity index is 2.10. The SMILES string of the molecule is CC1CCN(C(=O)c2cc(Cl)ccn2)CC1C. The normalized spacial score (nSPS) is 24.8. The number of rotatable bonds is 1. The van der Waals surface area contributed by atoms with Crippen molar-refractivity contribution in [1.29, 1.82) is 0 Å². The molecule has 4 heteroatoms. The number of piperidine rings is 1. The first kappa shape index (κ1) is 12.4. The largest absolute Gasteiger partial charge is 0.337 e. The molecule has 17 heavy (non-hydrogen) atoms. The van der Waals surface area contributed by atoms with Crippen molar-refractivity contribution >= 4 is 17.5 Å². The molecule has 1 aromatic heterocycles. The number of carbonyl (C=O) groups is 1. The molecule has 2 unspecified atom stereocenters. The number of aromatic nitrogens is 1. The molecule has 0 aromatic carbocycles. The highest BCUT2D eigenvalue weighted by Crippen LogP contribution is 2.23. The molecule has 1 fully saturated rings. The van der Waals surface area contributed by atoms with Crippen molar-refractivity contribution in [3.05, 3.63) is 29.0 Å². The molecule has 0 radical (unpaired) electrons. The number of hydrogen-bond acceptors (Lipinski definition) is 2. The molecule has 0 bridgehead atoms. The maximum atomic E-state index is 12.2. The molecule has 2 atom stereocenters. The summed E-state index contributed by atoms with van der Waals surface area (Å²) in [6, 6.07) is 3.31. The van der Waals surface area contributed by atoms with Crippen LogP contribution in [0.25, 0.3) is 0 Å². The predicted molar refractivity (Wildman–Crippen MR) is 68.1 cm³/mol. The van der Waals surface area contributed by atoms with Crippen LogP contribution in [0.4, 0.5) is 0 Å². The lowest BCUT2D eigenvalue weighted by Gasteiger charge is -2.35. The van der Waals surface area contributed by atoms with E-state index >= 15 is 0 Å². The summed E-state index contributed by atoms with van der Waals surface area (Å²) < 4.78 is 0. The molecule has 0 spiro atoms. The highest BCUT2D eigenvalue weighted by Gasteiger charge is 2.27. The van der Waals surface area contributed by atoms with E-state index in [1.165, 1.54) is 0 Å². The predicted octanol–water partition coefficient (Wildman–Crippen LogP) is 2.85. The molecular formula is C13H17ClN2O. The fourth-order valence-electron chi connectivity index (χ4n) is 2.13. The van der Waals surface area contributed by atoms with E-state index in [2.05, 4.69) is 18.8 Å². The summed E-state index contributed by atoms with van der Waals surface area (Å²) in [5.74, 6) is 1.23. The zero-order chi connectivity index (χ0) is 12.4. The first-order valence-corrected chi connectivity index (χ1v) is 6.36. The monoisotopic (exact) mass is 252 g/mol. The van der Waals surface area contributed by atoms with Crippen LogP contribution in [-0.4, -0.2) is 28.9 Å². The maximum absolute atomic E-state index is 12.2. The molecule has 1 aromatic rings. The van der Waals surface area contributed by atoms with Crippen molar-refractivity contribution in [3.8, 4) is 0 Å². The number of pyridine rings is 1. The van der Waals surface area contributed by atoms with E-state index in [4.69, 9.17) is 11.6 Å². The topological polar surface area (TPSA) is 33.2 Å². The number of hydrogen-bond donors (Lipinski definition) is 0. The lowest BCUT2D eigenvalue weighted by molar-refractivity contribution is 0.0621. The van der Waals surface area contributed by atoms with Crippen LogP contribution in [0.1, 0.15) is 30.8 Å². The van der Waals surface area contributed by atoms with Crippen LogP contribution in [0.5, 0.6) is 0 Å². The van der Waals surface area contributed by atoms with Gasteiger partial charge in [0.15, 0.2) is 0 Å². The first-order chi connectivity index (χ1) is 8.08. The molecule has 92 valence electrons. The van der Waals surface area contributed by atoms with Crippen molar-refractivity contribution in [2.45, 2.75) is 20.3 Å². The summed E-state index contributed by atoms with van der Waals surface area (Å²) in [4.78, 5) is 18.2. The standard InChI is InChI=1S/C13H17ClN2O/c1-9-4-6-16(8-10(9)2)13(17)12-7-11(14)3-5-15-12/h3,5,7,9-10H,4,6,8H2,1-2H3. The zero-order valence-electron chi connectivity index (χ0n) is 10.2. The summed E-state index contributed by atoms with van der Waals surface area (Å²) in [5.41, 5.74) is 0.444. The number of nitrogens with zero attached hydrogens (tertiary/aromatic N) is 2. The molecule has 0 saturated carbocycles. The molecule has 0 N–H and O–H groups in total. The van der Waals surface area contributed by atoms with Crippen LogP contribution in [0, 0.1) is 11.8 Å². The fourth-order valence-corrected chi connectivity index (χ4v) is 2.29. The van der Waals surface area contributed by atoms with Crippen molar-refractivity contribution in [2.75, 3.05) is 13.1 Å². The van der Waals surface area contributed by atoms with E-state index in [0.717, 1.165) is 19.5 Å². The quantitative estimate of drug-likeness (QED) is 0.770.